The fraction of sp³-hybridized carbons (Fsp3) is 0.412. The number of para-hydroxylation sites is 1. The van der Waals surface area contributed by atoms with Crippen molar-refractivity contribution in [3.63, 3.8) is 0 Å². The highest BCUT2D eigenvalue weighted by atomic mass is 16.5. The molecule has 0 radical (unpaired) electrons. The molecule has 116 valence electrons. The van der Waals surface area contributed by atoms with Crippen LogP contribution in [0.3, 0.4) is 0 Å². The largest absolute Gasteiger partial charge is 0.496 e. The average Bonchev–Trinajstić information content (AvgIpc) is 3.09. The predicted molar refractivity (Wildman–Crippen MR) is 83.9 cm³/mol. The molecule has 1 atom stereocenters. The van der Waals surface area contributed by atoms with E-state index in [0.717, 1.165) is 38.1 Å². The summed E-state index contributed by atoms with van der Waals surface area (Å²) in [6, 6.07) is 9.85. The van der Waals surface area contributed by atoms with E-state index >= 15 is 0 Å². The highest BCUT2D eigenvalue weighted by molar-refractivity contribution is 5.92. The van der Waals surface area contributed by atoms with Crippen LogP contribution < -0.4 is 4.74 Å². The quantitative estimate of drug-likeness (QED) is 0.943. The summed E-state index contributed by atoms with van der Waals surface area (Å²) in [5.74, 6) is 1.44. The van der Waals surface area contributed by atoms with Crippen LogP contribution in [-0.2, 0) is 6.42 Å². The minimum Gasteiger partial charge on any atom is -0.496 e. The molecule has 1 aliphatic rings. The number of benzene rings is 1. The van der Waals surface area contributed by atoms with Crippen molar-refractivity contribution in [2.75, 3.05) is 20.2 Å². The third-order valence-electron chi connectivity index (χ3n) is 4.24. The zero-order chi connectivity index (χ0) is 15.4. The molecule has 1 N–H and O–H groups in total. The van der Waals surface area contributed by atoms with Crippen LogP contribution in [0, 0.1) is 5.92 Å². The van der Waals surface area contributed by atoms with E-state index in [2.05, 4.69) is 16.3 Å². The number of hydrogen-bond acceptors (Lipinski definition) is 3. The molecule has 1 fully saturated rings. The summed E-state index contributed by atoms with van der Waals surface area (Å²) in [5.41, 5.74) is 1.78. The Hall–Kier alpha value is -2.30. The van der Waals surface area contributed by atoms with Gasteiger partial charge in [0.05, 0.1) is 7.11 Å². The molecule has 2 aromatic rings. The van der Waals surface area contributed by atoms with Crippen LogP contribution in [-0.4, -0.2) is 41.2 Å². The molecule has 1 amide bonds. The number of rotatable bonds is 4. The zero-order valence-corrected chi connectivity index (χ0v) is 12.8. The van der Waals surface area contributed by atoms with Crippen LogP contribution in [0.25, 0.3) is 0 Å². The van der Waals surface area contributed by atoms with Crippen LogP contribution in [0.1, 0.15) is 28.9 Å². The summed E-state index contributed by atoms with van der Waals surface area (Å²) in [7, 11) is 1.70. The number of hydrogen-bond donors (Lipinski definition) is 1. The molecule has 0 saturated carbocycles. The van der Waals surface area contributed by atoms with Gasteiger partial charge in [-0.3, -0.25) is 9.89 Å². The minimum atomic E-state index is 0.0437. The van der Waals surface area contributed by atoms with Crippen molar-refractivity contribution in [1.29, 1.82) is 0 Å². The Morgan fingerprint density at radius 2 is 2.27 bits per heavy atom. The first-order valence-corrected chi connectivity index (χ1v) is 7.68. The standard InChI is InChI=1S/C17H21N3O2/c1-22-16-7-3-2-6-14(16)11-13-5-4-10-20(12-13)17(21)15-8-9-18-19-15/h2-3,6-9,13H,4-5,10-12H2,1H3,(H,18,19)/t13-/m0/s1. The van der Waals surface area contributed by atoms with Gasteiger partial charge in [-0.1, -0.05) is 18.2 Å². The van der Waals surface area contributed by atoms with Crippen LogP contribution >= 0.6 is 0 Å². The van der Waals surface area contributed by atoms with Crippen LogP contribution in [0.4, 0.5) is 0 Å². The van der Waals surface area contributed by atoms with Gasteiger partial charge in [-0.2, -0.15) is 5.10 Å². The maximum atomic E-state index is 12.4. The van der Waals surface area contributed by atoms with Crippen molar-refractivity contribution in [3.05, 3.63) is 47.8 Å². The molecular formula is C17H21N3O2. The lowest BCUT2D eigenvalue weighted by molar-refractivity contribution is 0.0667. The van der Waals surface area contributed by atoms with Crippen molar-refractivity contribution in [2.45, 2.75) is 19.3 Å². The third-order valence-corrected chi connectivity index (χ3v) is 4.24. The summed E-state index contributed by atoms with van der Waals surface area (Å²) in [5, 5.41) is 6.61. The van der Waals surface area contributed by atoms with Gasteiger partial charge in [0.2, 0.25) is 0 Å². The molecule has 0 spiro atoms. The maximum absolute atomic E-state index is 12.4. The number of aromatic nitrogens is 2. The lowest BCUT2D eigenvalue weighted by atomic mass is 9.91. The van der Waals surface area contributed by atoms with Crippen molar-refractivity contribution in [1.82, 2.24) is 15.1 Å². The van der Waals surface area contributed by atoms with Crippen molar-refractivity contribution >= 4 is 5.91 Å². The van der Waals surface area contributed by atoms with Gasteiger partial charge in [-0.15, -0.1) is 0 Å². The number of ether oxygens (including phenoxy) is 1. The molecule has 22 heavy (non-hydrogen) atoms. The van der Waals surface area contributed by atoms with Crippen LogP contribution in [0.15, 0.2) is 36.5 Å². The van der Waals surface area contributed by atoms with Gasteiger partial charge in [-0.05, 0) is 42.9 Å². The monoisotopic (exact) mass is 299 g/mol. The molecular weight excluding hydrogens is 278 g/mol. The smallest absolute Gasteiger partial charge is 0.271 e. The molecule has 3 rings (SSSR count). The number of amides is 1. The highest BCUT2D eigenvalue weighted by Gasteiger charge is 2.25. The lowest BCUT2D eigenvalue weighted by Crippen LogP contribution is -2.40. The van der Waals surface area contributed by atoms with Gasteiger partial charge >= 0.3 is 0 Å². The number of likely N-dealkylation sites (tertiary alicyclic amines) is 1. The summed E-state index contributed by atoms with van der Waals surface area (Å²) in [4.78, 5) is 14.3. The number of nitrogens with zero attached hydrogens (tertiary/aromatic N) is 2. The first kappa shape index (κ1) is 14.6. The number of methoxy groups -OCH3 is 1. The Morgan fingerprint density at radius 1 is 1.41 bits per heavy atom. The number of nitrogens with one attached hydrogen (secondary N) is 1. The summed E-state index contributed by atoms with van der Waals surface area (Å²) >= 11 is 0. The Balaban J connectivity index is 1.67. The number of aromatic amines is 1. The molecule has 0 aliphatic carbocycles. The first-order valence-electron chi connectivity index (χ1n) is 7.68. The van der Waals surface area contributed by atoms with E-state index in [9.17, 15) is 4.79 Å². The Labute approximate surface area is 130 Å². The van der Waals surface area contributed by atoms with E-state index in [4.69, 9.17) is 4.74 Å². The zero-order valence-electron chi connectivity index (χ0n) is 12.8. The van der Waals surface area contributed by atoms with E-state index in [0.29, 0.717) is 11.6 Å². The van der Waals surface area contributed by atoms with Gasteiger partial charge < -0.3 is 9.64 Å². The molecule has 5 heteroatoms. The molecule has 1 saturated heterocycles. The van der Waals surface area contributed by atoms with E-state index in [1.165, 1.54) is 5.56 Å². The molecule has 1 aromatic heterocycles. The topological polar surface area (TPSA) is 58.2 Å². The number of carbonyl (C=O) groups is 1. The average molecular weight is 299 g/mol. The van der Waals surface area contributed by atoms with Gasteiger partial charge in [0, 0.05) is 19.3 Å². The molecule has 0 unspecified atom stereocenters. The Morgan fingerprint density at radius 3 is 3.05 bits per heavy atom. The Kier molecular flexibility index (Phi) is 4.42. The van der Waals surface area contributed by atoms with Gasteiger partial charge in [0.15, 0.2) is 0 Å². The Bertz CT molecular complexity index is 625. The second kappa shape index (κ2) is 6.64. The van der Waals surface area contributed by atoms with Crippen LogP contribution in [0.5, 0.6) is 5.75 Å². The van der Waals surface area contributed by atoms with Gasteiger partial charge in [0.1, 0.15) is 11.4 Å². The predicted octanol–water partition coefficient (Wildman–Crippen LogP) is 2.51. The summed E-state index contributed by atoms with van der Waals surface area (Å²) < 4.78 is 5.43. The van der Waals surface area contributed by atoms with Crippen molar-refractivity contribution in [2.24, 2.45) is 5.92 Å². The van der Waals surface area contributed by atoms with E-state index < -0.39 is 0 Å². The normalized spacial score (nSPS) is 18.2. The minimum absolute atomic E-state index is 0.0437. The number of carbonyl (C=O) groups excluding carboxylic acids is 1. The number of H-pyrrole nitrogens is 1. The van der Waals surface area contributed by atoms with Gasteiger partial charge in [0.25, 0.3) is 5.91 Å². The highest BCUT2D eigenvalue weighted by Crippen LogP contribution is 2.26. The fourth-order valence-electron chi connectivity index (χ4n) is 3.14. The third kappa shape index (κ3) is 3.13. The maximum Gasteiger partial charge on any atom is 0.271 e. The molecule has 0 bridgehead atoms. The van der Waals surface area contributed by atoms with E-state index in [1.54, 1.807) is 19.4 Å². The fourth-order valence-corrected chi connectivity index (χ4v) is 3.14. The molecule has 1 aliphatic heterocycles. The first-order chi connectivity index (χ1) is 10.8. The van der Waals surface area contributed by atoms with Crippen molar-refractivity contribution < 1.29 is 9.53 Å². The summed E-state index contributed by atoms with van der Waals surface area (Å²) in [6.07, 6.45) is 4.74. The second-order valence-corrected chi connectivity index (χ2v) is 5.75. The lowest BCUT2D eigenvalue weighted by Gasteiger charge is -2.32. The molecule has 5 nitrogen and oxygen atoms in total. The second-order valence-electron chi connectivity index (χ2n) is 5.75. The number of piperidine rings is 1. The summed E-state index contributed by atoms with van der Waals surface area (Å²) in [6.45, 7) is 1.61. The van der Waals surface area contributed by atoms with Crippen LogP contribution in [0.2, 0.25) is 0 Å². The van der Waals surface area contributed by atoms with E-state index in [-0.39, 0.29) is 5.91 Å². The molecule has 2 heterocycles. The van der Waals surface area contributed by atoms with Gasteiger partial charge in [-0.25, -0.2) is 0 Å². The van der Waals surface area contributed by atoms with E-state index in [1.807, 2.05) is 23.1 Å². The SMILES string of the molecule is COc1ccccc1C[C@@H]1CCCN(C(=O)c2ccn[nH]2)C1. The van der Waals surface area contributed by atoms with Crippen molar-refractivity contribution in [3.8, 4) is 5.75 Å². The molecule has 1 aromatic carbocycles.